The molecule has 3 heteroatoms. The highest BCUT2D eigenvalue weighted by Gasteiger charge is 2.43. The quantitative estimate of drug-likeness (QED) is 0.704. The summed E-state index contributed by atoms with van der Waals surface area (Å²) in [5, 5.41) is 3.65. The van der Waals surface area contributed by atoms with Gasteiger partial charge in [-0.1, -0.05) is 36.4 Å². The zero-order chi connectivity index (χ0) is 16.1. The van der Waals surface area contributed by atoms with E-state index >= 15 is 0 Å². The van der Waals surface area contributed by atoms with Gasteiger partial charge in [-0.3, -0.25) is 4.98 Å². The highest BCUT2D eigenvalue weighted by Crippen LogP contribution is 2.52. The molecule has 1 N–H and O–H groups in total. The van der Waals surface area contributed by atoms with Gasteiger partial charge in [0, 0.05) is 12.1 Å². The fourth-order valence-corrected chi connectivity index (χ4v) is 4.35. The molecule has 2 nitrogen and oxygen atoms in total. The Balaban J connectivity index is 1.67. The SMILES string of the molecule is Fc1ccc([C@H]2Nc3cccnc3[C@H]3c4ccccc4C[C@H]32)cc1. The molecule has 0 unspecified atom stereocenters. The van der Waals surface area contributed by atoms with Crippen LogP contribution in [-0.4, -0.2) is 4.98 Å². The molecule has 1 aliphatic heterocycles. The topological polar surface area (TPSA) is 24.9 Å². The average molecular weight is 316 g/mol. The number of nitrogens with zero attached hydrogens (tertiary/aromatic N) is 1. The molecule has 0 amide bonds. The van der Waals surface area contributed by atoms with Crippen LogP contribution in [0.2, 0.25) is 0 Å². The Labute approximate surface area is 140 Å². The van der Waals surface area contributed by atoms with E-state index in [0.717, 1.165) is 23.4 Å². The molecule has 2 aliphatic rings. The Hall–Kier alpha value is -2.68. The number of rotatable bonds is 1. The van der Waals surface area contributed by atoms with Gasteiger partial charge in [0.25, 0.3) is 0 Å². The summed E-state index contributed by atoms with van der Waals surface area (Å²) in [4.78, 5) is 4.68. The monoisotopic (exact) mass is 316 g/mol. The zero-order valence-electron chi connectivity index (χ0n) is 13.1. The number of halogens is 1. The molecule has 0 radical (unpaired) electrons. The van der Waals surface area contributed by atoms with Crippen molar-refractivity contribution in [1.29, 1.82) is 0 Å². The van der Waals surface area contributed by atoms with Gasteiger partial charge in [-0.2, -0.15) is 0 Å². The number of hydrogen-bond acceptors (Lipinski definition) is 2. The van der Waals surface area contributed by atoms with E-state index in [2.05, 4.69) is 40.6 Å². The van der Waals surface area contributed by atoms with Crippen LogP contribution in [0.3, 0.4) is 0 Å². The number of pyridine rings is 1. The van der Waals surface area contributed by atoms with E-state index in [9.17, 15) is 4.39 Å². The maximum atomic E-state index is 13.3. The lowest BCUT2D eigenvalue weighted by Crippen LogP contribution is -2.31. The molecule has 118 valence electrons. The van der Waals surface area contributed by atoms with Crippen molar-refractivity contribution in [2.75, 3.05) is 5.32 Å². The highest BCUT2D eigenvalue weighted by molar-refractivity contribution is 5.60. The lowest BCUT2D eigenvalue weighted by molar-refractivity contribution is 0.414. The number of anilines is 1. The van der Waals surface area contributed by atoms with E-state index < -0.39 is 0 Å². The molecule has 24 heavy (non-hydrogen) atoms. The molecular weight excluding hydrogens is 299 g/mol. The summed E-state index contributed by atoms with van der Waals surface area (Å²) in [6.45, 7) is 0. The number of fused-ring (bicyclic) bond motifs is 5. The third-order valence-corrected chi connectivity index (χ3v) is 5.38. The predicted molar refractivity (Wildman–Crippen MR) is 92.5 cm³/mol. The third-order valence-electron chi connectivity index (χ3n) is 5.38. The van der Waals surface area contributed by atoms with Crippen LogP contribution in [0.1, 0.15) is 34.3 Å². The molecule has 0 fully saturated rings. The second kappa shape index (κ2) is 5.17. The average Bonchev–Trinajstić information content (AvgIpc) is 3.02. The molecule has 2 heterocycles. The molecule has 5 rings (SSSR count). The molecule has 0 bridgehead atoms. The van der Waals surface area contributed by atoms with E-state index in [-0.39, 0.29) is 11.9 Å². The van der Waals surface area contributed by atoms with Crippen LogP contribution in [0.15, 0.2) is 66.9 Å². The normalized spacial score (nSPS) is 23.8. The first-order valence-electron chi connectivity index (χ1n) is 8.36. The largest absolute Gasteiger partial charge is 0.376 e. The van der Waals surface area contributed by atoms with Crippen molar-refractivity contribution in [2.24, 2.45) is 5.92 Å². The standard InChI is InChI=1S/C21H17FN2/c22-15-9-7-13(8-10-15)20-17-12-14-4-1-2-5-16(14)19(17)21-18(24-20)6-3-11-23-21/h1-11,17,19-20,24H,12H2/t17-,19+,20-/m1/s1. The van der Waals surface area contributed by atoms with Crippen LogP contribution < -0.4 is 5.32 Å². The molecule has 0 saturated heterocycles. The summed E-state index contributed by atoms with van der Waals surface area (Å²) in [7, 11) is 0. The highest BCUT2D eigenvalue weighted by atomic mass is 19.1. The van der Waals surface area contributed by atoms with Crippen LogP contribution in [0, 0.1) is 11.7 Å². The van der Waals surface area contributed by atoms with E-state index in [1.165, 1.54) is 11.1 Å². The molecule has 1 aromatic heterocycles. The summed E-state index contributed by atoms with van der Waals surface area (Å²) < 4.78 is 13.3. The van der Waals surface area contributed by atoms with Crippen molar-refractivity contribution < 1.29 is 4.39 Å². The first-order valence-corrected chi connectivity index (χ1v) is 8.36. The second-order valence-electron chi connectivity index (χ2n) is 6.65. The summed E-state index contributed by atoms with van der Waals surface area (Å²) in [6.07, 6.45) is 2.89. The molecule has 3 aromatic rings. The first-order chi connectivity index (χ1) is 11.8. The smallest absolute Gasteiger partial charge is 0.123 e. The molecule has 0 spiro atoms. The minimum Gasteiger partial charge on any atom is -0.376 e. The molecular formula is C21H17FN2. The van der Waals surface area contributed by atoms with Crippen molar-refractivity contribution in [3.63, 3.8) is 0 Å². The predicted octanol–water partition coefficient (Wildman–Crippen LogP) is 4.69. The zero-order valence-corrected chi connectivity index (χ0v) is 13.1. The molecule has 3 atom stereocenters. The lowest BCUT2D eigenvalue weighted by atomic mass is 9.78. The summed E-state index contributed by atoms with van der Waals surface area (Å²) in [5.41, 5.74) is 6.14. The molecule has 1 aliphatic carbocycles. The van der Waals surface area contributed by atoms with Gasteiger partial charge >= 0.3 is 0 Å². The minimum atomic E-state index is -0.192. The van der Waals surface area contributed by atoms with Crippen molar-refractivity contribution in [3.8, 4) is 0 Å². The van der Waals surface area contributed by atoms with Gasteiger partial charge in [-0.15, -0.1) is 0 Å². The van der Waals surface area contributed by atoms with Gasteiger partial charge in [0.15, 0.2) is 0 Å². The summed E-state index contributed by atoms with van der Waals surface area (Å²) in [5.74, 6) is 0.506. The Kier molecular flexibility index (Phi) is 2.96. The molecule has 2 aromatic carbocycles. The van der Waals surface area contributed by atoms with Crippen LogP contribution in [-0.2, 0) is 6.42 Å². The van der Waals surface area contributed by atoms with E-state index in [4.69, 9.17) is 0 Å². The van der Waals surface area contributed by atoms with Crippen LogP contribution in [0.5, 0.6) is 0 Å². The van der Waals surface area contributed by atoms with E-state index in [0.29, 0.717) is 11.8 Å². The van der Waals surface area contributed by atoms with E-state index in [1.807, 2.05) is 24.4 Å². The maximum absolute atomic E-state index is 13.3. The van der Waals surface area contributed by atoms with Crippen molar-refractivity contribution >= 4 is 5.69 Å². The Morgan fingerprint density at radius 2 is 1.79 bits per heavy atom. The van der Waals surface area contributed by atoms with Gasteiger partial charge in [0.05, 0.1) is 17.4 Å². The van der Waals surface area contributed by atoms with Crippen LogP contribution in [0.4, 0.5) is 10.1 Å². The van der Waals surface area contributed by atoms with Crippen molar-refractivity contribution in [2.45, 2.75) is 18.4 Å². The fourth-order valence-electron chi connectivity index (χ4n) is 4.35. The van der Waals surface area contributed by atoms with Crippen molar-refractivity contribution in [3.05, 3.63) is 95.1 Å². The summed E-state index contributed by atoms with van der Waals surface area (Å²) >= 11 is 0. The van der Waals surface area contributed by atoms with Crippen LogP contribution >= 0.6 is 0 Å². The Morgan fingerprint density at radius 1 is 0.958 bits per heavy atom. The number of hydrogen-bond donors (Lipinski definition) is 1. The third kappa shape index (κ3) is 1.97. The number of benzene rings is 2. The van der Waals surface area contributed by atoms with Gasteiger partial charge in [-0.25, -0.2) is 4.39 Å². The van der Waals surface area contributed by atoms with Gasteiger partial charge in [0.2, 0.25) is 0 Å². The van der Waals surface area contributed by atoms with Gasteiger partial charge in [-0.05, 0) is 53.3 Å². The Morgan fingerprint density at radius 3 is 2.67 bits per heavy atom. The number of nitrogens with one attached hydrogen (secondary N) is 1. The van der Waals surface area contributed by atoms with Gasteiger partial charge in [0.1, 0.15) is 5.82 Å². The van der Waals surface area contributed by atoms with E-state index in [1.54, 1.807) is 12.1 Å². The van der Waals surface area contributed by atoms with Gasteiger partial charge < -0.3 is 5.32 Å². The fraction of sp³-hybridized carbons (Fsp3) is 0.190. The number of aromatic nitrogens is 1. The van der Waals surface area contributed by atoms with Crippen LogP contribution in [0.25, 0.3) is 0 Å². The Bertz CT molecular complexity index is 904. The van der Waals surface area contributed by atoms with Crippen molar-refractivity contribution in [1.82, 2.24) is 4.98 Å². The summed E-state index contributed by atoms with van der Waals surface area (Å²) in [6, 6.07) is 19.8. The second-order valence-corrected chi connectivity index (χ2v) is 6.65. The first kappa shape index (κ1) is 13.7. The minimum absolute atomic E-state index is 0.166. The molecule has 0 saturated carbocycles. The maximum Gasteiger partial charge on any atom is 0.123 e. The lowest BCUT2D eigenvalue weighted by Gasteiger charge is -2.37.